The molecule has 2 heterocycles. The van der Waals surface area contributed by atoms with E-state index in [9.17, 15) is 0 Å². The van der Waals surface area contributed by atoms with E-state index >= 15 is 0 Å². The lowest BCUT2D eigenvalue weighted by Gasteiger charge is -2.27. The highest BCUT2D eigenvalue weighted by molar-refractivity contribution is 7.26. The number of benzene rings is 12. The summed E-state index contributed by atoms with van der Waals surface area (Å²) >= 11 is 3.76. The predicted octanol–water partition coefficient (Wildman–Crippen LogP) is 20.5. The molecule has 0 fully saturated rings. The van der Waals surface area contributed by atoms with Crippen molar-refractivity contribution in [2.45, 2.75) is 0 Å². The molecule has 14 rings (SSSR count). The third-order valence-electron chi connectivity index (χ3n) is 14.3. The van der Waals surface area contributed by atoms with Gasteiger partial charge in [-0.15, -0.1) is 22.7 Å². The minimum atomic E-state index is 1.10. The maximum Gasteiger partial charge on any atom is 0.0555 e. The van der Waals surface area contributed by atoms with E-state index in [1.54, 1.807) is 0 Å². The summed E-state index contributed by atoms with van der Waals surface area (Å²) in [6.45, 7) is 0. The smallest absolute Gasteiger partial charge is 0.0555 e. The Hall–Kier alpha value is -8.60. The highest BCUT2D eigenvalue weighted by Crippen LogP contribution is 2.50. The van der Waals surface area contributed by atoms with Gasteiger partial charge in [0.2, 0.25) is 0 Å². The zero-order chi connectivity index (χ0) is 46.8. The Morgan fingerprint density at radius 3 is 1.37 bits per heavy atom. The summed E-state index contributed by atoms with van der Waals surface area (Å²) in [5, 5.41) is 10.2. The minimum absolute atomic E-state index is 1.10. The topological polar surface area (TPSA) is 3.24 Å². The molecule has 0 saturated carbocycles. The zero-order valence-corrected chi connectivity index (χ0v) is 40.2. The molecule has 2 aromatic heterocycles. The van der Waals surface area contributed by atoms with Crippen molar-refractivity contribution in [3.8, 4) is 55.6 Å². The van der Waals surface area contributed by atoms with E-state index in [-0.39, 0.29) is 0 Å². The van der Waals surface area contributed by atoms with Crippen LogP contribution in [0.25, 0.3) is 118 Å². The predicted molar refractivity (Wildman–Crippen MR) is 309 cm³/mol. The van der Waals surface area contributed by atoms with Crippen molar-refractivity contribution in [1.82, 2.24) is 0 Å². The Balaban J connectivity index is 0.911. The second kappa shape index (κ2) is 17.1. The molecule has 0 radical (unpaired) electrons. The molecular formula is C68H43NS2. The highest BCUT2D eigenvalue weighted by Gasteiger charge is 2.23. The lowest BCUT2D eigenvalue weighted by atomic mass is 9.92. The van der Waals surface area contributed by atoms with Crippen LogP contribution in [0.15, 0.2) is 261 Å². The molecule has 0 aliphatic heterocycles. The number of rotatable bonds is 8. The van der Waals surface area contributed by atoms with Gasteiger partial charge in [-0.1, -0.05) is 212 Å². The molecule has 14 aromatic rings. The fourth-order valence-corrected chi connectivity index (χ4v) is 13.4. The normalized spacial score (nSPS) is 11.7. The number of hydrogen-bond donors (Lipinski definition) is 0. The van der Waals surface area contributed by atoms with Crippen LogP contribution in [-0.4, -0.2) is 0 Å². The molecule has 0 saturated heterocycles. The number of hydrogen-bond acceptors (Lipinski definition) is 3. The van der Waals surface area contributed by atoms with Gasteiger partial charge in [0.15, 0.2) is 0 Å². The molecule has 1 nitrogen and oxygen atoms in total. The lowest BCUT2D eigenvalue weighted by molar-refractivity contribution is 1.30. The average molecular weight is 938 g/mol. The fraction of sp³-hybridized carbons (Fsp3) is 0. The quantitative estimate of drug-likeness (QED) is 0.147. The molecule has 0 bridgehead atoms. The van der Waals surface area contributed by atoms with Crippen LogP contribution >= 0.6 is 22.7 Å². The van der Waals surface area contributed by atoms with E-state index in [4.69, 9.17) is 0 Å². The molecular weight excluding hydrogens is 895 g/mol. The fourth-order valence-electron chi connectivity index (χ4n) is 11.0. The lowest BCUT2D eigenvalue weighted by Crippen LogP contribution is -2.10. The van der Waals surface area contributed by atoms with Crippen molar-refractivity contribution in [2.24, 2.45) is 0 Å². The summed E-state index contributed by atoms with van der Waals surface area (Å²) in [4.78, 5) is 2.47. The maximum atomic E-state index is 2.47. The van der Waals surface area contributed by atoms with Crippen LogP contribution in [0.2, 0.25) is 0 Å². The van der Waals surface area contributed by atoms with Crippen molar-refractivity contribution in [2.75, 3.05) is 4.90 Å². The molecule has 12 aromatic carbocycles. The number of fused-ring (bicyclic) bond motifs is 8. The summed E-state index contributed by atoms with van der Waals surface area (Å²) in [7, 11) is 0. The second-order valence-electron chi connectivity index (χ2n) is 18.3. The van der Waals surface area contributed by atoms with Gasteiger partial charge in [0.1, 0.15) is 0 Å². The minimum Gasteiger partial charge on any atom is -0.310 e. The summed E-state index contributed by atoms with van der Waals surface area (Å²) in [6, 6.07) is 96.1. The number of nitrogens with zero attached hydrogens (tertiary/aromatic N) is 1. The van der Waals surface area contributed by atoms with Gasteiger partial charge in [-0.3, -0.25) is 0 Å². The molecule has 0 unspecified atom stereocenters. The largest absolute Gasteiger partial charge is 0.310 e. The number of anilines is 3. The SMILES string of the molecule is c1ccc(-c2cccc3sc4ccccc4c23)c(-c2ccc(N(c3ccc(-c4ccc(-c5cccc6ccccc56)cc4)cc3)c3ccc(-c4cccc5ccccc45)c4sc5ccccc5c34)cc2)c1. The van der Waals surface area contributed by atoms with E-state index < -0.39 is 0 Å². The van der Waals surface area contributed by atoms with Gasteiger partial charge >= 0.3 is 0 Å². The average Bonchev–Trinajstić information content (AvgIpc) is 4.03. The summed E-state index contributed by atoms with van der Waals surface area (Å²) in [5.74, 6) is 0. The van der Waals surface area contributed by atoms with Gasteiger partial charge in [-0.05, 0) is 120 Å². The van der Waals surface area contributed by atoms with Gasteiger partial charge < -0.3 is 4.90 Å². The van der Waals surface area contributed by atoms with Crippen molar-refractivity contribution in [1.29, 1.82) is 0 Å². The molecule has 3 heteroatoms. The third-order valence-corrected chi connectivity index (χ3v) is 16.7. The van der Waals surface area contributed by atoms with Crippen LogP contribution in [0.1, 0.15) is 0 Å². The van der Waals surface area contributed by atoms with E-state index in [1.807, 2.05) is 22.7 Å². The summed E-state index contributed by atoms with van der Waals surface area (Å²) in [5.41, 5.74) is 15.6. The van der Waals surface area contributed by atoms with E-state index in [0.29, 0.717) is 0 Å². The van der Waals surface area contributed by atoms with Gasteiger partial charge in [0.05, 0.1) is 5.69 Å². The van der Waals surface area contributed by atoms with Gasteiger partial charge in [0, 0.05) is 57.3 Å². The van der Waals surface area contributed by atoms with Crippen LogP contribution in [-0.2, 0) is 0 Å². The van der Waals surface area contributed by atoms with Crippen molar-refractivity contribution >= 4 is 102 Å². The maximum absolute atomic E-state index is 2.47. The first-order chi connectivity index (χ1) is 35.2. The standard InChI is InChI=1S/C68H43NS2/c1-3-18-52-46(14-1)16-11-24-53(52)48-32-30-44(31-33-48)45-34-38-50(39-35-45)69(62-43-42-59(57-25-12-17-47-15-2-4-19-54(47)57)68-67(62)61-23-8-10-28-64(61)71-68)51-40-36-49(37-41-51)55-20-5-6-21-56(55)58-26-13-29-65-66(58)60-22-7-9-27-63(60)70-65/h1-43H. The Morgan fingerprint density at radius 1 is 0.239 bits per heavy atom. The summed E-state index contributed by atoms with van der Waals surface area (Å²) < 4.78 is 5.19. The van der Waals surface area contributed by atoms with Crippen LogP contribution < -0.4 is 4.90 Å². The molecule has 332 valence electrons. The molecule has 0 aliphatic rings. The number of thiophene rings is 2. The first kappa shape index (κ1) is 41.4. The Kier molecular flexibility index (Phi) is 9.97. The molecule has 0 spiro atoms. The van der Waals surface area contributed by atoms with Crippen molar-refractivity contribution < 1.29 is 0 Å². The Morgan fingerprint density at radius 2 is 0.676 bits per heavy atom. The van der Waals surface area contributed by atoms with Crippen LogP contribution in [0.4, 0.5) is 17.1 Å². The van der Waals surface area contributed by atoms with E-state index in [0.717, 1.165) is 17.1 Å². The first-order valence-electron chi connectivity index (χ1n) is 24.2. The van der Waals surface area contributed by atoms with Crippen molar-refractivity contribution in [3.05, 3.63) is 261 Å². The van der Waals surface area contributed by atoms with Crippen LogP contribution in [0.5, 0.6) is 0 Å². The monoisotopic (exact) mass is 937 g/mol. The Labute approximate surface area is 420 Å². The Bertz CT molecular complexity index is 4320. The molecule has 0 amide bonds. The van der Waals surface area contributed by atoms with Crippen LogP contribution in [0, 0.1) is 0 Å². The van der Waals surface area contributed by atoms with Crippen molar-refractivity contribution in [3.63, 3.8) is 0 Å². The second-order valence-corrected chi connectivity index (χ2v) is 20.5. The molecule has 0 N–H and O–H groups in total. The van der Waals surface area contributed by atoms with Gasteiger partial charge in [-0.2, -0.15) is 0 Å². The van der Waals surface area contributed by atoms with Crippen LogP contribution in [0.3, 0.4) is 0 Å². The zero-order valence-electron chi connectivity index (χ0n) is 38.6. The third kappa shape index (κ3) is 7.04. The van der Waals surface area contributed by atoms with Gasteiger partial charge in [-0.25, -0.2) is 0 Å². The molecule has 71 heavy (non-hydrogen) atoms. The van der Waals surface area contributed by atoms with Gasteiger partial charge in [0.25, 0.3) is 0 Å². The highest BCUT2D eigenvalue weighted by atomic mass is 32.1. The first-order valence-corrected chi connectivity index (χ1v) is 25.9. The van der Waals surface area contributed by atoms with E-state index in [2.05, 4.69) is 266 Å². The molecule has 0 atom stereocenters. The summed E-state index contributed by atoms with van der Waals surface area (Å²) in [6.07, 6.45) is 0. The molecule has 0 aliphatic carbocycles. The van der Waals surface area contributed by atoms with E-state index in [1.165, 1.54) is 118 Å².